The molecule has 0 unspecified atom stereocenters. The summed E-state index contributed by atoms with van der Waals surface area (Å²) >= 11 is 0. The fourth-order valence-electron chi connectivity index (χ4n) is 2.39. The van der Waals surface area contributed by atoms with Crippen molar-refractivity contribution in [1.29, 1.82) is 0 Å². The Labute approximate surface area is 135 Å². The van der Waals surface area contributed by atoms with Crippen molar-refractivity contribution in [1.82, 2.24) is 0 Å². The average Bonchev–Trinajstić information content (AvgIpc) is 2.54. The van der Waals surface area contributed by atoms with Crippen LogP contribution < -0.4 is 0 Å². The van der Waals surface area contributed by atoms with Crippen molar-refractivity contribution < 1.29 is 19.4 Å². The fourth-order valence-corrected chi connectivity index (χ4v) is 2.39. The lowest BCUT2D eigenvalue weighted by Crippen LogP contribution is -2.16. The van der Waals surface area contributed by atoms with Crippen molar-refractivity contribution in [3.05, 3.63) is 63.7 Å². The molecular formula is C19H20O4. The predicted molar refractivity (Wildman–Crippen MR) is 88.1 cm³/mol. The van der Waals surface area contributed by atoms with Crippen LogP contribution in [0.1, 0.15) is 43.0 Å². The van der Waals surface area contributed by atoms with Crippen LogP contribution in [0.15, 0.2) is 30.3 Å². The second kappa shape index (κ2) is 6.65. The predicted octanol–water partition coefficient (Wildman–Crippen LogP) is 3.67. The second-order valence-corrected chi connectivity index (χ2v) is 5.66. The van der Waals surface area contributed by atoms with E-state index in [-0.39, 0.29) is 18.1 Å². The smallest absolute Gasteiger partial charge is 0.338 e. The summed E-state index contributed by atoms with van der Waals surface area (Å²) in [6, 6.07) is 7.54. The zero-order valence-corrected chi connectivity index (χ0v) is 13.8. The highest BCUT2D eigenvalue weighted by atomic mass is 16.5. The number of benzene rings is 2. The number of rotatable bonds is 4. The summed E-state index contributed by atoms with van der Waals surface area (Å²) in [6.45, 7) is 7.56. The average molecular weight is 312 g/mol. The van der Waals surface area contributed by atoms with Crippen molar-refractivity contribution in [3.63, 3.8) is 0 Å². The molecule has 4 heteroatoms. The number of hydrogen-bond acceptors (Lipinski definition) is 4. The van der Waals surface area contributed by atoms with Crippen LogP contribution in [-0.2, 0) is 4.74 Å². The van der Waals surface area contributed by atoms with Crippen LogP contribution in [0.3, 0.4) is 0 Å². The summed E-state index contributed by atoms with van der Waals surface area (Å²) in [5.74, 6) is -0.740. The van der Waals surface area contributed by atoms with Gasteiger partial charge in [-0.15, -0.1) is 0 Å². The van der Waals surface area contributed by atoms with Crippen LogP contribution in [0.4, 0.5) is 0 Å². The van der Waals surface area contributed by atoms with Crippen molar-refractivity contribution >= 4 is 11.8 Å². The molecule has 0 bridgehead atoms. The molecule has 0 aliphatic heterocycles. The molecule has 120 valence electrons. The van der Waals surface area contributed by atoms with Gasteiger partial charge in [-0.05, 0) is 80.3 Å². The maximum atomic E-state index is 12.4. The van der Waals surface area contributed by atoms with Crippen LogP contribution in [0, 0.1) is 27.7 Å². The summed E-state index contributed by atoms with van der Waals surface area (Å²) in [5.41, 5.74) is 5.09. The molecule has 0 aliphatic rings. The van der Waals surface area contributed by atoms with Crippen LogP contribution in [-0.4, -0.2) is 23.5 Å². The molecule has 2 aromatic rings. The highest BCUT2D eigenvalue weighted by Crippen LogP contribution is 2.21. The molecule has 0 aliphatic carbocycles. The maximum Gasteiger partial charge on any atom is 0.338 e. The van der Waals surface area contributed by atoms with Gasteiger partial charge in [-0.3, -0.25) is 4.79 Å². The van der Waals surface area contributed by atoms with Gasteiger partial charge in [0.05, 0.1) is 5.56 Å². The summed E-state index contributed by atoms with van der Waals surface area (Å²) in [4.78, 5) is 24.3. The zero-order valence-electron chi connectivity index (χ0n) is 13.8. The minimum Gasteiger partial charge on any atom is -0.508 e. The molecule has 0 amide bonds. The highest BCUT2D eigenvalue weighted by Gasteiger charge is 2.16. The van der Waals surface area contributed by atoms with Crippen LogP contribution >= 0.6 is 0 Å². The van der Waals surface area contributed by atoms with Crippen molar-refractivity contribution in [2.75, 3.05) is 6.61 Å². The van der Waals surface area contributed by atoms with E-state index in [1.165, 1.54) is 29.8 Å². The number of carbonyl (C=O) groups is 2. The Morgan fingerprint density at radius 2 is 1.57 bits per heavy atom. The van der Waals surface area contributed by atoms with Gasteiger partial charge in [-0.25, -0.2) is 4.79 Å². The summed E-state index contributed by atoms with van der Waals surface area (Å²) in [6.07, 6.45) is 0. The normalized spacial score (nSPS) is 10.4. The number of Topliss-reactive ketones (excluding diaryl/α,β-unsaturated/α-hetero) is 1. The number of phenols is 1. The van der Waals surface area contributed by atoms with Gasteiger partial charge in [0.25, 0.3) is 0 Å². The van der Waals surface area contributed by atoms with Crippen molar-refractivity contribution in [2.45, 2.75) is 27.7 Å². The lowest BCUT2D eigenvalue weighted by molar-refractivity contribution is 0.0474. The number of carbonyl (C=O) groups excluding carboxylic acids is 2. The third kappa shape index (κ3) is 3.59. The minimum atomic E-state index is -0.587. The van der Waals surface area contributed by atoms with Gasteiger partial charge >= 0.3 is 5.97 Å². The molecular weight excluding hydrogens is 292 g/mol. The fraction of sp³-hybridized carbons (Fsp3) is 0.263. The lowest BCUT2D eigenvalue weighted by atomic mass is 9.93. The standard InChI is InChI=1S/C19H20O4/c1-11-9-17(14(4)13(3)12(11)2)18(21)10-23-19(22)15-5-7-16(20)8-6-15/h5-9,20H,10H2,1-4H3. The van der Waals surface area contributed by atoms with Crippen LogP contribution in [0.25, 0.3) is 0 Å². The largest absolute Gasteiger partial charge is 0.508 e. The Balaban J connectivity index is 2.11. The number of ketones is 1. The highest BCUT2D eigenvalue weighted by molar-refractivity contribution is 6.01. The molecule has 0 heterocycles. The summed E-state index contributed by atoms with van der Waals surface area (Å²) in [5, 5.41) is 9.20. The van der Waals surface area contributed by atoms with Gasteiger partial charge in [-0.2, -0.15) is 0 Å². The molecule has 0 fully saturated rings. The first-order valence-corrected chi connectivity index (χ1v) is 7.38. The third-order valence-corrected chi connectivity index (χ3v) is 4.22. The summed E-state index contributed by atoms with van der Waals surface area (Å²) < 4.78 is 5.08. The molecule has 0 atom stereocenters. The molecule has 0 radical (unpaired) electrons. The Kier molecular flexibility index (Phi) is 4.84. The number of aryl methyl sites for hydroxylation is 1. The Morgan fingerprint density at radius 1 is 0.957 bits per heavy atom. The maximum absolute atomic E-state index is 12.4. The van der Waals surface area contributed by atoms with Gasteiger partial charge in [-0.1, -0.05) is 0 Å². The van der Waals surface area contributed by atoms with E-state index < -0.39 is 5.97 Å². The number of phenolic OH excluding ortho intramolecular Hbond substituents is 1. The molecule has 0 saturated carbocycles. The zero-order chi connectivity index (χ0) is 17.1. The van der Waals surface area contributed by atoms with E-state index in [4.69, 9.17) is 4.74 Å². The Morgan fingerprint density at radius 3 is 2.17 bits per heavy atom. The Hall–Kier alpha value is -2.62. The van der Waals surface area contributed by atoms with Gasteiger partial charge in [0.1, 0.15) is 5.75 Å². The SMILES string of the molecule is Cc1cc(C(=O)COC(=O)c2ccc(O)cc2)c(C)c(C)c1C. The summed E-state index contributed by atoms with van der Waals surface area (Å²) in [7, 11) is 0. The molecule has 1 N–H and O–H groups in total. The first-order chi connectivity index (χ1) is 10.8. The van der Waals surface area contributed by atoms with Gasteiger partial charge < -0.3 is 9.84 Å². The van der Waals surface area contributed by atoms with E-state index >= 15 is 0 Å². The Bertz CT molecular complexity index is 758. The van der Waals surface area contributed by atoms with Crippen LogP contribution in [0.5, 0.6) is 5.75 Å². The minimum absolute atomic E-state index is 0.0684. The van der Waals surface area contributed by atoms with Crippen molar-refractivity contribution in [2.24, 2.45) is 0 Å². The van der Waals surface area contributed by atoms with E-state index in [1.54, 1.807) is 0 Å². The molecule has 23 heavy (non-hydrogen) atoms. The molecule has 2 aromatic carbocycles. The van der Waals surface area contributed by atoms with E-state index in [2.05, 4.69) is 0 Å². The first kappa shape index (κ1) is 16.7. The lowest BCUT2D eigenvalue weighted by Gasteiger charge is -2.13. The second-order valence-electron chi connectivity index (χ2n) is 5.66. The van der Waals surface area contributed by atoms with E-state index in [1.807, 2.05) is 33.8 Å². The quantitative estimate of drug-likeness (QED) is 0.691. The number of esters is 1. The van der Waals surface area contributed by atoms with Gasteiger partial charge in [0.2, 0.25) is 5.78 Å². The monoisotopic (exact) mass is 312 g/mol. The molecule has 2 rings (SSSR count). The van der Waals surface area contributed by atoms with Crippen molar-refractivity contribution in [3.8, 4) is 5.75 Å². The van der Waals surface area contributed by atoms with E-state index in [0.29, 0.717) is 11.1 Å². The third-order valence-electron chi connectivity index (χ3n) is 4.22. The van der Waals surface area contributed by atoms with E-state index in [9.17, 15) is 14.7 Å². The van der Waals surface area contributed by atoms with E-state index in [0.717, 1.165) is 16.7 Å². The number of hydrogen-bond donors (Lipinski definition) is 1. The first-order valence-electron chi connectivity index (χ1n) is 7.38. The van der Waals surface area contributed by atoms with Crippen LogP contribution in [0.2, 0.25) is 0 Å². The number of aromatic hydroxyl groups is 1. The molecule has 0 saturated heterocycles. The molecule has 4 nitrogen and oxygen atoms in total. The molecule has 0 spiro atoms. The van der Waals surface area contributed by atoms with Gasteiger partial charge in [0.15, 0.2) is 6.61 Å². The number of ether oxygens (including phenoxy) is 1. The topological polar surface area (TPSA) is 63.6 Å². The molecule has 0 aromatic heterocycles. The van der Waals surface area contributed by atoms with Gasteiger partial charge in [0, 0.05) is 5.56 Å².